The van der Waals surface area contributed by atoms with Crippen LogP contribution in [0.2, 0.25) is 18.1 Å². The Kier molecular flexibility index (Phi) is 6.58. The topological polar surface area (TPSA) is 46.5 Å². The predicted octanol–water partition coefficient (Wildman–Crippen LogP) is 3.72. The first-order chi connectivity index (χ1) is 8.06. The highest BCUT2D eigenvalue weighted by atomic mass is 28.4. The van der Waals surface area contributed by atoms with E-state index < -0.39 is 14.4 Å². The van der Waals surface area contributed by atoms with E-state index in [9.17, 15) is 9.90 Å². The highest BCUT2D eigenvalue weighted by Gasteiger charge is 2.42. The van der Waals surface area contributed by atoms with Crippen LogP contribution in [0.4, 0.5) is 0 Å². The second kappa shape index (κ2) is 6.71. The van der Waals surface area contributed by atoms with E-state index in [2.05, 4.69) is 33.9 Å². The maximum Gasteiger partial charge on any atom is 0.298 e. The van der Waals surface area contributed by atoms with Crippen molar-refractivity contribution >= 4 is 14.3 Å². The van der Waals surface area contributed by atoms with E-state index >= 15 is 0 Å². The van der Waals surface area contributed by atoms with E-state index in [4.69, 9.17) is 4.43 Å². The first-order valence-corrected chi connectivity index (χ1v) is 9.88. The summed E-state index contributed by atoms with van der Waals surface area (Å²) in [6.07, 6.45) is 1.60. The van der Waals surface area contributed by atoms with E-state index in [1.54, 1.807) is 0 Å². The second-order valence-corrected chi connectivity index (χ2v) is 11.3. The smallest absolute Gasteiger partial charge is 0.298 e. The minimum atomic E-state index is -2.08. The summed E-state index contributed by atoms with van der Waals surface area (Å²) in [7, 11) is -2.08. The molecule has 3 nitrogen and oxygen atoms in total. The normalized spacial score (nSPS) is 16.2. The van der Waals surface area contributed by atoms with Gasteiger partial charge in [0.25, 0.3) is 14.3 Å². The first kappa shape index (κ1) is 17.6. The molecule has 0 aromatic heterocycles. The Morgan fingerprint density at radius 1 is 1.28 bits per heavy atom. The Balaban J connectivity index is 4.73. The molecule has 1 N–H and O–H groups in total. The number of hydrogen-bond acceptors (Lipinski definition) is 3. The van der Waals surface area contributed by atoms with Crippen LogP contribution in [-0.4, -0.2) is 25.5 Å². The van der Waals surface area contributed by atoms with Crippen molar-refractivity contribution in [2.24, 2.45) is 5.92 Å². The summed E-state index contributed by atoms with van der Waals surface area (Å²) in [5, 5.41) is 10.0. The molecule has 0 heterocycles. The van der Waals surface area contributed by atoms with Crippen LogP contribution in [-0.2, 0) is 9.22 Å². The number of carbonyl (C=O) groups excluding carboxylic acids is 1. The van der Waals surface area contributed by atoms with Gasteiger partial charge in [-0.1, -0.05) is 41.0 Å². The van der Waals surface area contributed by atoms with Crippen molar-refractivity contribution in [2.45, 2.75) is 78.1 Å². The molecule has 0 bridgehead atoms. The van der Waals surface area contributed by atoms with E-state index in [0.29, 0.717) is 12.8 Å². The fourth-order valence-electron chi connectivity index (χ4n) is 1.57. The van der Waals surface area contributed by atoms with Gasteiger partial charge in [-0.3, -0.25) is 4.79 Å². The largest absolute Gasteiger partial charge is 0.519 e. The first-order valence-electron chi connectivity index (χ1n) is 6.97. The Morgan fingerprint density at radius 3 is 2.11 bits per heavy atom. The quantitative estimate of drug-likeness (QED) is 0.751. The summed E-state index contributed by atoms with van der Waals surface area (Å²) in [6, 6.07) is 0. The summed E-state index contributed by atoms with van der Waals surface area (Å²) in [5.74, 6) is -0.593. The summed E-state index contributed by atoms with van der Waals surface area (Å²) in [4.78, 5) is 12.2. The minimum Gasteiger partial charge on any atom is -0.519 e. The van der Waals surface area contributed by atoms with Crippen LogP contribution in [0.15, 0.2) is 0 Å². The maximum absolute atomic E-state index is 12.2. The standard InChI is InChI=1S/C14H30O3Si/c1-8-10-12(15)11(9-2)13(16)17-18(6,7)14(3,4)5/h11-12,15H,8-10H2,1-7H3. The molecule has 2 unspecified atom stereocenters. The molecule has 0 aromatic carbocycles. The van der Waals surface area contributed by atoms with Crippen molar-refractivity contribution in [2.75, 3.05) is 0 Å². The fraction of sp³-hybridized carbons (Fsp3) is 0.929. The molecule has 0 saturated carbocycles. The van der Waals surface area contributed by atoms with Gasteiger partial charge in [0.2, 0.25) is 0 Å². The second-order valence-electron chi connectivity index (χ2n) is 6.55. The lowest BCUT2D eigenvalue weighted by Gasteiger charge is -2.37. The molecule has 0 aromatic rings. The molecule has 18 heavy (non-hydrogen) atoms. The van der Waals surface area contributed by atoms with E-state index in [-0.39, 0.29) is 16.9 Å². The van der Waals surface area contributed by atoms with Crippen LogP contribution in [0.5, 0.6) is 0 Å². The molecule has 0 rings (SSSR count). The van der Waals surface area contributed by atoms with Gasteiger partial charge in [0, 0.05) is 0 Å². The average Bonchev–Trinajstić information content (AvgIpc) is 2.16. The Morgan fingerprint density at radius 2 is 1.78 bits per heavy atom. The Hall–Kier alpha value is -0.353. The number of aliphatic hydroxyl groups is 1. The summed E-state index contributed by atoms with van der Waals surface area (Å²) in [5.41, 5.74) is 0. The third-order valence-electron chi connectivity index (χ3n) is 3.95. The molecule has 0 aliphatic carbocycles. The molecule has 4 heteroatoms. The van der Waals surface area contributed by atoms with Gasteiger partial charge in [0.1, 0.15) is 0 Å². The van der Waals surface area contributed by atoms with Crippen LogP contribution < -0.4 is 0 Å². The molecule has 2 atom stereocenters. The number of aliphatic hydroxyl groups excluding tert-OH is 1. The fourth-order valence-corrected chi connectivity index (χ4v) is 2.53. The van der Waals surface area contributed by atoms with Crippen molar-refractivity contribution in [1.82, 2.24) is 0 Å². The van der Waals surface area contributed by atoms with E-state index in [0.717, 1.165) is 6.42 Å². The lowest BCUT2D eigenvalue weighted by molar-refractivity contribution is -0.144. The molecule has 0 amide bonds. The molecule has 0 saturated heterocycles. The van der Waals surface area contributed by atoms with Crippen molar-refractivity contribution in [3.05, 3.63) is 0 Å². The molecular weight excluding hydrogens is 244 g/mol. The van der Waals surface area contributed by atoms with E-state index in [1.807, 2.05) is 13.8 Å². The van der Waals surface area contributed by atoms with Gasteiger partial charge in [-0.05, 0) is 31.0 Å². The number of rotatable bonds is 6. The van der Waals surface area contributed by atoms with Crippen LogP contribution in [0, 0.1) is 5.92 Å². The van der Waals surface area contributed by atoms with Gasteiger partial charge < -0.3 is 9.53 Å². The lowest BCUT2D eigenvalue weighted by atomic mass is 9.96. The molecular formula is C14H30O3Si. The SMILES string of the molecule is CCCC(O)C(CC)C(=O)O[Si](C)(C)C(C)(C)C. The summed E-state index contributed by atoms with van der Waals surface area (Å²) in [6.45, 7) is 14.4. The molecule has 0 spiro atoms. The monoisotopic (exact) mass is 274 g/mol. The highest BCUT2D eigenvalue weighted by Crippen LogP contribution is 2.37. The lowest BCUT2D eigenvalue weighted by Crippen LogP contribution is -2.45. The Labute approximate surface area is 113 Å². The van der Waals surface area contributed by atoms with Gasteiger partial charge in [0.05, 0.1) is 12.0 Å². The van der Waals surface area contributed by atoms with Crippen molar-refractivity contribution in [1.29, 1.82) is 0 Å². The van der Waals surface area contributed by atoms with Crippen LogP contribution in [0.25, 0.3) is 0 Å². The number of carbonyl (C=O) groups is 1. The molecule has 0 aliphatic rings. The third-order valence-corrected chi connectivity index (χ3v) is 8.28. The third kappa shape index (κ3) is 4.73. The molecule has 108 valence electrons. The summed E-state index contributed by atoms with van der Waals surface area (Å²) >= 11 is 0. The summed E-state index contributed by atoms with van der Waals surface area (Å²) < 4.78 is 5.76. The van der Waals surface area contributed by atoms with Gasteiger partial charge in [-0.2, -0.15) is 0 Å². The molecule has 0 fully saturated rings. The Bertz CT molecular complexity index is 269. The van der Waals surface area contributed by atoms with Crippen molar-refractivity contribution in [3.8, 4) is 0 Å². The number of hydrogen-bond donors (Lipinski definition) is 1. The molecule has 0 radical (unpaired) electrons. The van der Waals surface area contributed by atoms with Crippen LogP contribution >= 0.6 is 0 Å². The predicted molar refractivity (Wildman–Crippen MR) is 78.0 cm³/mol. The van der Waals surface area contributed by atoms with Gasteiger partial charge in [0.15, 0.2) is 0 Å². The average molecular weight is 274 g/mol. The van der Waals surface area contributed by atoms with Gasteiger partial charge >= 0.3 is 0 Å². The van der Waals surface area contributed by atoms with Crippen molar-refractivity contribution < 1.29 is 14.3 Å². The maximum atomic E-state index is 12.2. The van der Waals surface area contributed by atoms with Crippen LogP contribution in [0.3, 0.4) is 0 Å². The molecule has 0 aliphatic heterocycles. The highest BCUT2D eigenvalue weighted by molar-refractivity contribution is 6.75. The zero-order valence-electron chi connectivity index (χ0n) is 13.0. The zero-order chi connectivity index (χ0) is 14.6. The van der Waals surface area contributed by atoms with Gasteiger partial charge in [-0.15, -0.1) is 0 Å². The van der Waals surface area contributed by atoms with Gasteiger partial charge in [-0.25, -0.2) is 0 Å². The minimum absolute atomic E-state index is 0.0106. The van der Waals surface area contributed by atoms with Crippen molar-refractivity contribution in [3.63, 3.8) is 0 Å². The van der Waals surface area contributed by atoms with E-state index in [1.165, 1.54) is 0 Å². The zero-order valence-corrected chi connectivity index (χ0v) is 14.0. The van der Waals surface area contributed by atoms with Crippen LogP contribution in [0.1, 0.15) is 53.9 Å².